The minimum absolute atomic E-state index is 0.272. The molecule has 0 spiro atoms. The number of morpholine rings is 1. The van der Waals surface area contributed by atoms with Gasteiger partial charge in [0.25, 0.3) is 0 Å². The van der Waals surface area contributed by atoms with Crippen LogP contribution >= 0.6 is 11.6 Å². The number of halogens is 1. The third-order valence-corrected chi connectivity index (χ3v) is 3.61. The maximum absolute atomic E-state index is 6.11. The molecular formula is C13H17ClN2O. The molecule has 3 nitrogen and oxygen atoms in total. The Morgan fingerprint density at radius 1 is 1.41 bits per heavy atom. The maximum atomic E-state index is 6.11. The summed E-state index contributed by atoms with van der Waals surface area (Å²) in [7, 11) is 0. The van der Waals surface area contributed by atoms with E-state index in [-0.39, 0.29) is 6.10 Å². The number of anilines is 1. The van der Waals surface area contributed by atoms with Crippen molar-refractivity contribution >= 4 is 17.4 Å². The number of pyridine rings is 1. The van der Waals surface area contributed by atoms with Gasteiger partial charge in [0.2, 0.25) is 0 Å². The molecule has 1 atom stereocenters. The van der Waals surface area contributed by atoms with Crippen molar-refractivity contribution in [1.82, 2.24) is 4.98 Å². The van der Waals surface area contributed by atoms with Crippen LogP contribution in [-0.4, -0.2) is 30.8 Å². The van der Waals surface area contributed by atoms with Gasteiger partial charge in [0.1, 0.15) is 11.0 Å². The Morgan fingerprint density at radius 3 is 2.94 bits per heavy atom. The van der Waals surface area contributed by atoms with Crippen LogP contribution in [0.1, 0.15) is 31.2 Å². The number of nitrogens with zero attached hydrogens (tertiary/aromatic N) is 2. The van der Waals surface area contributed by atoms with E-state index in [1.807, 2.05) is 6.07 Å². The van der Waals surface area contributed by atoms with Gasteiger partial charge in [0.15, 0.2) is 0 Å². The molecule has 2 fully saturated rings. The van der Waals surface area contributed by atoms with Gasteiger partial charge >= 0.3 is 0 Å². The first-order chi connectivity index (χ1) is 8.22. The summed E-state index contributed by atoms with van der Waals surface area (Å²) in [4.78, 5) is 6.71. The average molecular weight is 253 g/mol. The number of ether oxygens (including phenoxy) is 1. The summed E-state index contributed by atoms with van der Waals surface area (Å²) in [6.45, 7) is 4.67. The Morgan fingerprint density at radius 2 is 2.24 bits per heavy atom. The quantitative estimate of drug-likeness (QED) is 0.757. The second-order valence-corrected chi connectivity index (χ2v) is 5.37. The first-order valence-electron chi connectivity index (χ1n) is 6.26. The smallest absolute Gasteiger partial charge is 0.131 e. The Balaban J connectivity index is 1.85. The Labute approximate surface area is 107 Å². The van der Waals surface area contributed by atoms with Crippen LogP contribution in [-0.2, 0) is 4.74 Å². The van der Waals surface area contributed by atoms with E-state index >= 15 is 0 Å². The van der Waals surface area contributed by atoms with Gasteiger partial charge in [-0.05, 0) is 43.4 Å². The minimum atomic E-state index is 0.272. The summed E-state index contributed by atoms with van der Waals surface area (Å²) in [5.41, 5.74) is 1.35. The monoisotopic (exact) mass is 252 g/mol. The fraction of sp³-hybridized carbons (Fsp3) is 0.615. The highest BCUT2D eigenvalue weighted by molar-refractivity contribution is 6.29. The lowest BCUT2D eigenvalue weighted by Gasteiger charge is -2.32. The van der Waals surface area contributed by atoms with Crippen molar-refractivity contribution in [1.29, 1.82) is 0 Å². The van der Waals surface area contributed by atoms with Crippen LogP contribution in [0.15, 0.2) is 12.1 Å². The highest BCUT2D eigenvalue weighted by Crippen LogP contribution is 2.41. The van der Waals surface area contributed by atoms with Gasteiger partial charge in [-0.2, -0.15) is 0 Å². The molecule has 17 heavy (non-hydrogen) atoms. The first-order valence-corrected chi connectivity index (χ1v) is 6.64. The van der Waals surface area contributed by atoms with E-state index in [0.29, 0.717) is 11.1 Å². The van der Waals surface area contributed by atoms with Crippen molar-refractivity contribution in [3.8, 4) is 0 Å². The predicted octanol–water partition coefficient (Wildman–Crippen LogP) is 2.84. The molecule has 1 aliphatic heterocycles. The molecule has 2 heterocycles. The molecule has 2 aliphatic rings. The van der Waals surface area contributed by atoms with Crippen LogP contribution < -0.4 is 4.90 Å². The predicted molar refractivity (Wildman–Crippen MR) is 68.8 cm³/mol. The van der Waals surface area contributed by atoms with Crippen molar-refractivity contribution in [2.45, 2.75) is 31.8 Å². The maximum Gasteiger partial charge on any atom is 0.131 e. The standard InChI is InChI=1S/C13H17ClN2O/c1-9-8-16(4-5-17-9)13-7-11(10-2-3-10)6-12(14)15-13/h6-7,9-10H,2-5,8H2,1H3. The lowest BCUT2D eigenvalue weighted by Crippen LogP contribution is -2.41. The second-order valence-electron chi connectivity index (χ2n) is 4.98. The van der Waals surface area contributed by atoms with Crippen molar-refractivity contribution < 1.29 is 4.74 Å². The lowest BCUT2D eigenvalue weighted by atomic mass is 10.1. The molecule has 1 saturated carbocycles. The summed E-state index contributed by atoms with van der Waals surface area (Å²) >= 11 is 6.11. The summed E-state index contributed by atoms with van der Waals surface area (Å²) < 4.78 is 5.55. The van der Waals surface area contributed by atoms with Gasteiger partial charge < -0.3 is 9.64 Å². The summed E-state index contributed by atoms with van der Waals surface area (Å²) in [5.74, 6) is 1.72. The average Bonchev–Trinajstić information content (AvgIpc) is 3.12. The number of hydrogen-bond donors (Lipinski definition) is 0. The molecule has 1 saturated heterocycles. The van der Waals surface area contributed by atoms with Crippen molar-refractivity contribution in [3.63, 3.8) is 0 Å². The molecule has 1 aromatic rings. The van der Waals surface area contributed by atoms with Crippen LogP contribution in [0.3, 0.4) is 0 Å². The Bertz CT molecular complexity index is 420. The van der Waals surface area contributed by atoms with Gasteiger partial charge in [-0.3, -0.25) is 0 Å². The van der Waals surface area contributed by atoms with Gasteiger partial charge in [0, 0.05) is 13.1 Å². The zero-order valence-electron chi connectivity index (χ0n) is 10.0. The normalized spacial score (nSPS) is 25.1. The highest BCUT2D eigenvalue weighted by atomic mass is 35.5. The van der Waals surface area contributed by atoms with Crippen LogP contribution in [0.2, 0.25) is 5.15 Å². The molecule has 1 aliphatic carbocycles. The third kappa shape index (κ3) is 2.55. The van der Waals surface area contributed by atoms with E-state index in [1.165, 1.54) is 18.4 Å². The molecule has 1 aromatic heterocycles. The van der Waals surface area contributed by atoms with Crippen LogP contribution in [0.25, 0.3) is 0 Å². The van der Waals surface area contributed by atoms with Gasteiger partial charge in [-0.1, -0.05) is 11.6 Å². The van der Waals surface area contributed by atoms with Crippen molar-refractivity contribution in [3.05, 3.63) is 22.8 Å². The number of rotatable bonds is 2. The van der Waals surface area contributed by atoms with E-state index in [4.69, 9.17) is 16.3 Å². The second kappa shape index (κ2) is 4.46. The van der Waals surface area contributed by atoms with Gasteiger partial charge in [-0.25, -0.2) is 4.98 Å². The molecule has 4 heteroatoms. The van der Waals surface area contributed by atoms with Gasteiger partial charge in [-0.15, -0.1) is 0 Å². The van der Waals surface area contributed by atoms with Crippen molar-refractivity contribution in [2.24, 2.45) is 0 Å². The highest BCUT2D eigenvalue weighted by Gasteiger charge is 2.26. The molecule has 92 valence electrons. The zero-order valence-corrected chi connectivity index (χ0v) is 10.8. The summed E-state index contributed by atoms with van der Waals surface area (Å²) in [6.07, 6.45) is 2.85. The fourth-order valence-electron chi connectivity index (χ4n) is 2.34. The third-order valence-electron chi connectivity index (χ3n) is 3.42. The number of aromatic nitrogens is 1. The molecule has 0 N–H and O–H groups in total. The Hall–Kier alpha value is -0.800. The minimum Gasteiger partial charge on any atom is -0.375 e. The van der Waals surface area contributed by atoms with Crippen LogP contribution in [0.4, 0.5) is 5.82 Å². The van der Waals surface area contributed by atoms with E-state index in [9.17, 15) is 0 Å². The molecule has 0 amide bonds. The van der Waals surface area contributed by atoms with E-state index in [0.717, 1.165) is 25.5 Å². The van der Waals surface area contributed by atoms with E-state index < -0.39 is 0 Å². The lowest BCUT2D eigenvalue weighted by molar-refractivity contribution is 0.0529. The molecule has 1 unspecified atom stereocenters. The largest absolute Gasteiger partial charge is 0.375 e. The van der Waals surface area contributed by atoms with Gasteiger partial charge in [0.05, 0.1) is 12.7 Å². The summed E-state index contributed by atoms with van der Waals surface area (Å²) in [6, 6.07) is 4.20. The summed E-state index contributed by atoms with van der Waals surface area (Å²) in [5, 5.41) is 0.614. The molecular weight excluding hydrogens is 236 g/mol. The van der Waals surface area contributed by atoms with Crippen molar-refractivity contribution in [2.75, 3.05) is 24.6 Å². The molecule has 0 radical (unpaired) electrons. The Kier molecular flexibility index (Phi) is 2.97. The van der Waals surface area contributed by atoms with E-state index in [2.05, 4.69) is 22.9 Å². The van der Waals surface area contributed by atoms with Crippen LogP contribution in [0, 0.1) is 0 Å². The first kappa shape index (κ1) is 11.3. The van der Waals surface area contributed by atoms with Crippen LogP contribution in [0.5, 0.6) is 0 Å². The van der Waals surface area contributed by atoms with E-state index in [1.54, 1.807) is 0 Å². The topological polar surface area (TPSA) is 25.4 Å². The fourth-order valence-corrected chi connectivity index (χ4v) is 2.56. The molecule has 3 rings (SSSR count). The zero-order chi connectivity index (χ0) is 11.8. The SMILES string of the molecule is CC1CN(c2cc(C3CC3)cc(Cl)n2)CCO1. The number of hydrogen-bond acceptors (Lipinski definition) is 3. The molecule has 0 aromatic carbocycles. The molecule has 0 bridgehead atoms.